The number of quaternary nitrogens is 1. The minimum Gasteiger partial charge on any atom is -0.858 e. The Kier molecular flexibility index (Phi) is 8.08. The summed E-state index contributed by atoms with van der Waals surface area (Å²) in [4.78, 5) is 16.3. The SMILES string of the molecule is Cc1cccc(Cl)c1N=C([O-])C[N+](C)(C)CC(=O)Nc1ccccc1.Cl. The number of carbonyl (C=O) groups excluding carboxylic acids is 1. The number of anilines is 1. The smallest absolute Gasteiger partial charge is 0.279 e. The Bertz CT molecular complexity index is 757. The third kappa shape index (κ3) is 6.67. The van der Waals surface area contributed by atoms with E-state index in [9.17, 15) is 9.90 Å². The number of amides is 1. The molecule has 0 radical (unpaired) electrons. The van der Waals surface area contributed by atoms with Gasteiger partial charge in [0.25, 0.3) is 5.91 Å². The van der Waals surface area contributed by atoms with Crippen LogP contribution in [0.5, 0.6) is 0 Å². The number of hydrogen-bond acceptors (Lipinski definition) is 3. The molecule has 0 fully saturated rings. The Labute approximate surface area is 165 Å². The van der Waals surface area contributed by atoms with Crippen LogP contribution in [0.25, 0.3) is 0 Å². The Balaban J connectivity index is 0.00000338. The van der Waals surface area contributed by atoms with Crippen LogP contribution in [-0.2, 0) is 4.79 Å². The molecule has 0 atom stereocenters. The zero-order valence-corrected chi connectivity index (χ0v) is 16.6. The fourth-order valence-corrected chi connectivity index (χ4v) is 2.72. The van der Waals surface area contributed by atoms with Gasteiger partial charge in [-0.3, -0.25) is 9.79 Å². The number of hydrogen-bond donors (Lipinski definition) is 1. The van der Waals surface area contributed by atoms with Crippen molar-refractivity contribution in [3.63, 3.8) is 0 Å². The van der Waals surface area contributed by atoms with Crippen LogP contribution in [0.2, 0.25) is 5.02 Å². The molecule has 0 spiro atoms. The third-order valence-corrected chi connectivity index (χ3v) is 3.92. The van der Waals surface area contributed by atoms with E-state index >= 15 is 0 Å². The van der Waals surface area contributed by atoms with Gasteiger partial charge < -0.3 is 14.9 Å². The van der Waals surface area contributed by atoms with Gasteiger partial charge in [-0.05, 0) is 30.7 Å². The van der Waals surface area contributed by atoms with Gasteiger partial charge in [-0.1, -0.05) is 41.9 Å². The van der Waals surface area contributed by atoms with Gasteiger partial charge in [0.05, 0.1) is 24.8 Å². The first-order chi connectivity index (χ1) is 11.8. The molecule has 0 unspecified atom stereocenters. The number of halogens is 2. The molecule has 7 heteroatoms. The lowest BCUT2D eigenvalue weighted by molar-refractivity contribution is -0.875. The molecule has 140 valence electrons. The fraction of sp³-hybridized carbons (Fsp3) is 0.263. The van der Waals surface area contributed by atoms with E-state index in [4.69, 9.17) is 11.6 Å². The molecule has 0 aromatic heterocycles. The van der Waals surface area contributed by atoms with Crippen molar-refractivity contribution in [2.75, 3.05) is 32.5 Å². The van der Waals surface area contributed by atoms with Crippen molar-refractivity contribution in [2.24, 2.45) is 4.99 Å². The normalized spacial score (nSPS) is 11.6. The average Bonchev–Trinajstić information content (AvgIpc) is 2.50. The molecular formula is C19H23Cl2N3O2. The van der Waals surface area contributed by atoms with E-state index in [1.165, 1.54) is 0 Å². The molecule has 0 aliphatic rings. The summed E-state index contributed by atoms with van der Waals surface area (Å²) in [6.07, 6.45) is 0. The van der Waals surface area contributed by atoms with E-state index in [1.807, 2.05) is 63.5 Å². The maximum Gasteiger partial charge on any atom is 0.279 e. The molecule has 0 saturated carbocycles. The summed E-state index contributed by atoms with van der Waals surface area (Å²) in [5, 5.41) is 15.6. The van der Waals surface area contributed by atoms with Gasteiger partial charge in [0.15, 0.2) is 6.54 Å². The van der Waals surface area contributed by atoms with Gasteiger partial charge in [-0.2, -0.15) is 0 Å². The number of carbonyl (C=O) groups is 1. The lowest BCUT2D eigenvalue weighted by Gasteiger charge is -2.31. The molecule has 0 aliphatic carbocycles. The number of nitrogens with zero attached hydrogens (tertiary/aromatic N) is 2. The van der Waals surface area contributed by atoms with Crippen LogP contribution in [-0.4, -0.2) is 43.5 Å². The van der Waals surface area contributed by atoms with Crippen molar-refractivity contribution in [2.45, 2.75) is 6.92 Å². The summed E-state index contributed by atoms with van der Waals surface area (Å²) in [7, 11) is 3.63. The lowest BCUT2D eigenvalue weighted by Crippen LogP contribution is -2.51. The molecule has 5 nitrogen and oxygen atoms in total. The molecule has 26 heavy (non-hydrogen) atoms. The quantitative estimate of drug-likeness (QED) is 0.463. The highest BCUT2D eigenvalue weighted by atomic mass is 35.5. The zero-order valence-electron chi connectivity index (χ0n) is 15.0. The fourth-order valence-electron chi connectivity index (χ4n) is 2.46. The highest BCUT2D eigenvalue weighted by molar-refractivity contribution is 6.33. The molecule has 0 bridgehead atoms. The van der Waals surface area contributed by atoms with Crippen molar-refractivity contribution in [1.29, 1.82) is 0 Å². The van der Waals surface area contributed by atoms with Gasteiger partial charge in [0.2, 0.25) is 0 Å². The molecule has 2 aromatic rings. The molecule has 0 aliphatic heterocycles. The number of aliphatic imine (C=N–C) groups is 1. The molecule has 0 saturated heterocycles. The van der Waals surface area contributed by atoms with Gasteiger partial charge >= 0.3 is 0 Å². The lowest BCUT2D eigenvalue weighted by atomic mass is 10.2. The summed E-state index contributed by atoms with van der Waals surface area (Å²) < 4.78 is 0.199. The predicted octanol–water partition coefficient (Wildman–Crippen LogP) is 3.18. The maximum absolute atomic E-state index is 12.3. The van der Waals surface area contributed by atoms with Crippen molar-refractivity contribution in [1.82, 2.24) is 0 Å². The largest absolute Gasteiger partial charge is 0.858 e. The van der Waals surface area contributed by atoms with Crippen molar-refractivity contribution in [3.05, 3.63) is 59.1 Å². The van der Waals surface area contributed by atoms with Crippen LogP contribution in [0.4, 0.5) is 11.4 Å². The van der Waals surface area contributed by atoms with Crippen molar-refractivity contribution < 1.29 is 14.4 Å². The highest BCUT2D eigenvalue weighted by Crippen LogP contribution is 2.28. The minimum atomic E-state index is -0.311. The second-order valence-corrected chi connectivity index (χ2v) is 6.98. The Morgan fingerprint density at radius 3 is 2.38 bits per heavy atom. The van der Waals surface area contributed by atoms with E-state index < -0.39 is 0 Å². The van der Waals surface area contributed by atoms with Gasteiger partial charge in [-0.25, -0.2) is 0 Å². The average molecular weight is 396 g/mol. The molecule has 1 N–H and O–H groups in total. The van der Waals surface area contributed by atoms with Crippen LogP contribution in [0.1, 0.15) is 5.56 Å². The number of nitrogens with one attached hydrogen (secondary N) is 1. The highest BCUT2D eigenvalue weighted by Gasteiger charge is 2.20. The standard InChI is InChI=1S/C19H22ClN3O2.ClH/c1-14-8-7-11-16(20)19(14)22-18(25)13-23(2,3)12-17(24)21-15-9-5-4-6-10-15;/h4-11H,12-13H2,1-3H3,(H-,21,22,24,25);1H. The Morgan fingerprint density at radius 2 is 1.77 bits per heavy atom. The topological polar surface area (TPSA) is 64.5 Å². The summed E-state index contributed by atoms with van der Waals surface area (Å²) in [5.41, 5.74) is 2.06. The van der Waals surface area contributed by atoms with Crippen LogP contribution in [0, 0.1) is 6.92 Å². The van der Waals surface area contributed by atoms with E-state index in [2.05, 4.69) is 10.3 Å². The minimum absolute atomic E-state index is 0. The molecule has 2 rings (SSSR count). The number of benzene rings is 2. The third-order valence-electron chi connectivity index (χ3n) is 3.62. The van der Waals surface area contributed by atoms with Crippen molar-refractivity contribution >= 4 is 47.2 Å². The van der Waals surface area contributed by atoms with Gasteiger partial charge in [-0.15, -0.1) is 12.4 Å². The van der Waals surface area contributed by atoms with Crippen molar-refractivity contribution in [3.8, 4) is 0 Å². The first-order valence-electron chi connectivity index (χ1n) is 7.93. The second-order valence-electron chi connectivity index (χ2n) is 6.58. The first kappa shape index (κ1) is 22.0. The van der Waals surface area contributed by atoms with E-state index in [-0.39, 0.29) is 41.8 Å². The molecular weight excluding hydrogens is 373 g/mol. The number of likely N-dealkylation sites (N-methyl/N-ethyl adjacent to an activating group) is 1. The van der Waals surface area contributed by atoms with Crippen LogP contribution in [0.15, 0.2) is 53.5 Å². The molecule has 2 aromatic carbocycles. The van der Waals surface area contributed by atoms with Gasteiger partial charge in [0, 0.05) is 11.6 Å². The summed E-state index contributed by atoms with van der Waals surface area (Å²) >= 11 is 6.10. The first-order valence-corrected chi connectivity index (χ1v) is 8.31. The monoisotopic (exact) mass is 395 g/mol. The maximum atomic E-state index is 12.3. The van der Waals surface area contributed by atoms with Crippen LogP contribution in [0.3, 0.4) is 0 Å². The summed E-state index contributed by atoms with van der Waals surface area (Å²) in [6.45, 7) is 2.12. The van der Waals surface area contributed by atoms with E-state index in [0.29, 0.717) is 10.7 Å². The Hall–Kier alpha value is -2.08. The van der Waals surface area contributed by atoms with Gasteiger partial charge in [0.1, 0.15) is 6.54 Å². The number of rotatable bonds is 6. The Morgan fingerprint density at radius 1 is 1.12 bits per heavy atom. The number of aryl methyl sites for hydroxylation is 1. The zero-order chi connectivity index (χ0) is 18.4. The summed E-state index contributed by atoms with van der Waals surface area (Å²) in [6, 6.07) is 14.6. The number of para-hydroxylation sites is 2. The second kappa shape index (κ2) is 9.57. The van der Waals surface area contributed by atoms with E-state index in [1.54, 1.807) is 6.07 Å². The van der Waals surface area contributed by atoms with Crippen LogP contribution >= 0.6 is 24.0 Å². The molecule has 0 heterocycles. The molecule has 1 amide bonds. The predicted molar refractivity (Wildman–Crippen MR) is 107 cm³/mol. The van der Waals surface area contributed by atoms with E-state index in [0.717, 1.165) is 11.3 Å². The summed E-state index contributed by atoms with van der Waals surface area (Å²) in [5.74, 6) is -0.466. The van der Waals surface area contributed by atoms with Crippen LogP contribution < -0.4 is 10.4 Å².